The monoisotopic (exact) mass is 243 g/mol. The maximum absolute atomic E-state index is 11.5. The van der Waals surface area contributed by atoms with Crippen LogP contribution in [-0.2, 0) is 14.8 Å². The molecule has 88 valence electrons. The van der Waals surface area contributed by atoms with Crippen LogP contribution in [0, 0.1) is 6.92 Å². The van der Waals surface area contributed by atoms with E-state index in [-0.39, 0.29) is 17.1 Å². The van der Waals surface area contributed by atoms with Crippen molar-refractivity contribution in [2.75, 3.05) is 6.61 Å². The van der Waals surface area contributed by atoms with Crippen LogP contribution in [0.15, 0.2) is 23.1 Å². The van der Waals surface area contributed by atoms with E-state index in [0.29, 0.717) is 0 Å². The fourth-order valence-corrected chi connectivity index (χ4v) is 1.97. The Hall–Kier alpha value is -1.40. The molecule has 0 saturated carbocycles. The maximum Gasteiger partial charge on any atom is 0.339 e. The Labute approximate surface area is 94.3 Å². The van der Waals surface area contributed by atoms with Gasteiger partial charge in [-0.15, -0.1) is 0 Å². The van der Waals surface area contributed by atoms with Gasteiger partial charge >= 0.3 is 5.97 Å². The van der Waals surface area contributed by atoms with Crippen LogP contribution in [0.2, 0.25) is 0 Å². The molecule has 0 heterocycles. The Morgan fingerprint density at radius 1 is 1.44 bits per heavy atom. The number of nitrogens with two attached hydrogens (primary N) is 1. The van der Waals surface area contributed by atoms with Crippen LogP contribution < -0.4 is 5.14 Å². The summed E-state index contributed by atoms with van der Waals surface area (Å²) in [6, 6.07) is 4.32. The summed E-state index contributed by atoms with van der Waals surface area (Å²) in [7, 11) is -3.91. The minimum absolute atomic E-state index is 0.0237. The summed E-state index contributed by atoms with van der Waals surface area (Å²) in [6.45, 7) is 3.57. The first-order valence-electron chi connectivity index (χ1n) is 4.67. The van der Waals surface area contributed by atoms with E-state index in [4.69, 9.17) is 9.88 Å². The summed E-state index contributed by atoms with van der Waals surface area (Å²) in [5.74, 6) is -0.685. The van der Waals surface area contributed by atoms with Crippen molar-refractivity contribution in [3.05, 3.63) is 29.3 Å². The number of rotatable bonds is 3. The van der Waals surface area contributed by atoms with Gasteiger partial charge in [0.1, 0.15) is 0 Å². The normalized spacial score (nSPS) is 11.2. The molecule has 1 aromatic rings. The number of aryl methyl sites for hydroxylation is 1. The van der Waals surface area contributed by atoms with Crippen molar-refractivity contribution >= 4 is 16.0 Å². The second kappa shape index (κ2) is 4.63. The summed E-state index contributed by atoms with van der Waals surface area (Å²) < 4.78 is 27.2. The highest BCUT2D eigenvalue weighted by Crippen LogP contribution is 2.17. The average Bonchev–Trinajstić information content (AvgIpc) is 2.16. The Morgan fingerprint density at radius 2 is 2.06 bits per heavy atom. The van der Waals surface area contributed by atoms with Gasteiger partial charge in [0, 0.05) is 0 Å². The van der Waals surface area contributed by atoms with E-state index in [1.54, 1.807) is 19.9 Å². The zero-order chi connectivity index (χ0) is 12.3. The molecule has 0 aliphatic heterocycles. The molecule has 0 aliphatic carbocycles. The van der Waals surface area contributed by atoms with E-state index in [0.717, 1.165) is 5.56 Å². The molecule has 0 bridgehead atoms. The molecule has 1 rings (SSSR count). The number of primary sulfonamides is 1. The fourth-order valence-electron chi connectivity index (χ4n) is 1.26. The first-order valence-corrected chi connectivity index (χ1v) is 6.21. The third-order valence-electron chi connectivity index (χ3n) is 1.94. The highest BCUT2D eigenvalue weighted by molar-refractivity contribution is 7.89. The molecule has 0 aromatic heterocycles. The van der Waals surface area contributed by atoms with Gasteiger partial charge < -0.3 is 4.74 Å². The SMILES string of the molecule is CCOC(=O)c1cc(C)ccc1S(N)(=O)=O. The van der Waals surface area contributed by atoms with Gasteiger partial charge in [0.05, 0.1) is 17.1 Å². The van der Waals surface area contributed by atoms with Crippen LogP contribution in [0.1, 0.15) is 22.8 Å². The molecule has 0 unspecified atom stereocenters. The lowest BCUT2D eigenvalue weighted by Crippen LogP contribution is -2.18. The van der Waals surface area contributed by atoms with Crippen LogP contribution in [0.3, 0.4) is 0 Å². The molecule has 0 spiro atoms. The fraction of sp³-hybridized carbons (Fsp3) is 0.300. The van der Waals surface area contributed by atoms with Crippen molar-refractivity contribution in [3.8, 4) is 0 Å². The summed E-state index contributed by atoms with van der Waals surface area (Å²) in [6.07, 6.45) is 0. The van der Waals surface area contributed by atoms with Crippen LogP contribution in [0.25, 0.3) is 0 Å². The minimum atomic E-state index is -3.91. The molecule has 0 fully saturated rings. The lowest BCUT2D eigenvalue weighted by Gasteiger charge is -2.07. The number of esters is 1. The Morgan fingerprint density at radius 3 is 2.56 bits per heavy atom. The number of sulfonamides is 1. The van der Waals surface area contributed by atoms with Gasteiger partial charge in [0.15, 0.2) is 0 Å². The molecule has 0 aliphatic rings. The summed E-state index contributed by atoms with van der Waals surface area (Å²) in [5.41, 5.74) is 0.736. The Kier molecular flexibility index (Phi) is 3.66. The predicted molar refractivity (Wildman–Crippen MR) is 58.5 cm³/mol. The number of carbonyl (C=O) groups excluding carboxylic acids is 1. The van der Waals surface area contributed by atoms with Crippen LogP contribution in [0.5, 0.6) is 0 Å². The molecule has 5 nitrogen and oxygen atoms in total. The van der Waals surface area contributed by atoms with Gasteiger partial charge in [-0.05, 0) is 26.0 Å². The summed E-state index contributed by atoms with van der Waals surface area (Å²) >= 11 is 0. The van der Waals surface area contributed by atoms with Crippen molar-refractivity contribution in [1.82, 2.24) is 0 Å². The number of carbonyl (C=O) groups is 1. The van der Waals surface area contributed by atoms with Crippen LogP contribution in [0.4, 0.5) is 0 Å². The molecular weight excluding hydrogens is 230 g/mol. The van der Waals surface area contributed by atoms with Crippen molar-refractivity contribution in [2.24, 2.45) is 5.14 Å². The Bertz CT molecular complexity index is 508. The van der Waals surface area contributed by atoms with Crippen molar-refractivity contribution in [3.63, 3.8) is 0 Å². The molecule has 6 heteroatoms. The smallest absolute Gasteiger partial charge is 0.339 e. The maximum atomic E-state index is 11.5. The van der Waals surface area contributed by atoms with Crippen molar-refractivity contribution < 1.29 is 17.9 Å². The van der Waals surface area contributed by atoms with Gasteiger partial charge in [0.25, 0.3) is 0 Å². The largest absolute Gasteiger partial charge is 0.462 e. The summed E-state index contributed by atoms with van der Waals surface area (Å²) in [4.78, 5) is 11.3. The van der Waals surface area contributed by atoms with E-state index in [1.807, 2.05) is 0 Å². The van der Waals surface area contributed by atoms with Crippen LogP contribution >= 0.6 is 0 Å². The van der Waals surface area contributed by atoms with Crippen LogP contribution in [-0.4, -0.2) is 21.0 Å². The van der Waals surface area contributed by atoms with E-state index < -0.39 is 16.0 Å². The van der Waals surface area contributed by atoms with Gasteiger partial charge in [-0.25, -0.2) is 18.4 Å². The van der Waals surface area contributed by atoms with Gasteiger partial charge in [-0.1, -0.05) is 11.6 Å². The molecule has 2 N–H and O–H groups in total. The third-order valence-corrected chi connectivity index (χ3v) is 2.91. The standard InChI is InChI=1S/C10H13NO4S/c1-3-15-10(12)8-6-7(2)4-5-9(8)16(11,13)14/h4-6H,3H2,1-2H3,(H2,11,13,14). The first-order chi connectivity index (χ1) is 7.36. The van der Waals surface area contributed by atoms with Crippen molar-refractivity contribution in [2.45, 2.75) is 18.7 Å². The number of hydrogen-bond acceptors (Lipinski definition) is 4. The first kappa shape index (κ1) is 12.7. The highest BCUT2D eigenvalue weighted by atomic mass is 32.2. The molecular formula is C10H13NO4S. The van der Waals surface area contributed by atoms with Crippen molar-refractivity contribution in [1.29, 1.82) is 0 Å². The van der Waals surface area contributed by atoms with Gasteiger partial charge in [-0.2, -0.15) is 0 Å². The zero-order valence-corrected chi connectivity index (χ0v) is 9.87. The second-order valence-electron chi connectivity index (χ2n) is 3.27. The van der Waals surface area contributed by atoms with Gasteiger partial charge in [-0.3, -0.25) is 0 Å². The van der Waals surface area contributed by atoms with E-state index in [9.17, 15) is 13.2 Å². The third kappa shape index (κ3) is 2.80. The molecule has 0 radical (unpaired) electrons. The Balaban J connectivity index is 3.35. The number of benzene rings is 1. The summed E-state index contributed by atoms with van der Waals surface area (Å²) in [5, 5.41) is 5.01. The van der Waals surface area contributed by atoms with E-state index in [1.165, 1.54) is 12.1 Å². The molecule has 0 amide bonds. The highest BCUT2D eigenvalue weighted by Gasteiger charge is 2.20. The molecule has 0 atom stereocenters. The number of ether oxygens (including phenoxy) is 1. The second-order valence-corrected chi connectivity index (χ2v) is 4.79. The van der Waals surface area contributed by atoms with E-state index in [2.05, 4.69) is 0 Å². The molecule has 0 saturated heterocycles. The molecule has 1 aromatic carbocycles. The van der Waals surface area contributed by atoms with Gasteiger partial charge in [0.2, 0.25) is 10.0 Å². The predicted octanol–water partition coefficient (Wildman–Crippen LogP) is 0.819. The quantitative estimate of drug-likeness (QED) is 0.796. The lowest BCUT2D eigenvalue weighted by atomic mass is 10.1. The molecule has 16 heavy (non-hydrogen) atoms. The number of hydrogen-bond donors (Lipinski definition) is 1. The minimum Gasteiger partial charge on any atom is -0.462 e. The topological polar surface area (TPSA) is 86.5 Å². The average molecular weight is 243 g/mol. The lowest BCUT2D eigenvalue weighted by molar-refractivity contribution is 0.0521. The zero-order valence-electron chi connectivity index (χ0n) is 9.06. The van der Waals surface area contributed by atoms with E-state index >= 15 is 0 Å².